The van der Waals surface area contributed by atoms with Crippen molar-refractivity contribution in [2.75, 3.05) is 6.54 Å². The SMILES string of the molecule is CC(Sc1nc(-c2cccs2)cc(C(F)(F)F)c1C#N)C(=O)NCC(F)(F)F. The Labute approximate surface area is 163 Å². The predicted octanol–water partition coefficient (Wildman–Crippen LogP) is 4.86. The number of thioether (sulfide) groups is 1. The van der Waals surface area contributed by atoms with Crippen LogP contribution in [0, 0.1) is 11.3 Å². The molecule has 2 aromatic heterocycles. The maximum absolute atomic E-state index is 13.4. The van der Waals surface area contributed by atoms with Gasteiger partial charge in [-0.25, -0.2) is 4.98 Å². The Morgan fingerprint density at radius 3 is 2.54 bits per heavy atom. The predicted molar refractivity (Wildman–Crippen MR) is 91.7 cm³/mol. The number of carbonyl (C=O) groups is 1. The van der Waals surface area contributed by atoms with Crippen LogP contribution in [0.5, 0.6) is 0 Å². The highest BCUT2D eigenvalue weighted by molar-refractivity contribution is 8.00. The van der Waals surface area contributed by atoms with Gasteiger partial charge >= 0.3 is 12.4 Å². The van der Waals surface area contributed by atoms with Crippen LogP contribution in [0.1, 0.15) is 18.1 Å². The number of halogens is 6. The highest BCUT2D eigenvalue weighted by atomic mass is 32.2. The maximum atomic E-state index is 13.4. The number of carbonyl (C=O) groups excluding carboxylic acids is 1. The molecule has 0 aromatic carbocycles. The second-order valence-electron chi connectivity index (χ2n) is 5.42. The summed E-state index contributed by atoms with van der Waals surface area (Å²) in [6.07, 6.45) is -9.48. The van der Waals surface area contributed by atoms with E-state index in [-0.39, 0.29) is 10.7 Å². The maximum Gasteiger partial charge on any atom is 0.417 e. The molecule has 0 spiro atoms. The van der Waals surface area contributed by atoms with Gasteiger partial charge in [-0.15, -0.1) is 11.3 Å². The number of aromatic nitrogens is 1. The zero-order chi connectivity index (χ0) is 21.1. The van der Waals surface area contributed by atoms with Gasteiger partial charge in [0.05, 0.1) is 26.9 Å². The minimum Gasteiger partial charge on any atom is -0.346 e. The van der Waals surface area contributed by atoms with Crippen LogP contribution in [0.4, 0.5) is 26.3 Å². The summed E-state index contributed by atoms with van der Waals surface area (Å²) in [7, 11) is 0. The summed E-state index contributed by atoms with van der Waals surface area (Å²) in [6, 6.07) is 5.31. The molecule has 2 rings (SSSR count). The molecule has 0 aliphatic carbocycles. The number of nitriles is 1. The standard InChI is InChI=1S/C16H11F6N3OS2/c1-8(13(26)24-7-15(17,18)19)28-14-9(6-23)10(16(20,21)22)5-11(25-14)12-3-2-4-27-12/h2-5,8H,7H2,1H3,(H,24,26). The molecule has 0 aliphatic rings. The lowest BCUT2D eigenvalue weighted by molar-refractivity contribution is -0.138. The summed E-state index contributed by atoms with van der Waals surface area (Å²) in [5.74, 6) is -1.04. The number of nitrogens with one attached hydrogen (secondary N) is 1. The normalized spacial score (nSPS) is 13.1. The van der Waals surface area contributed by atoms with Crippen LogP contribution in [-0.4, -0.2) is 28.9 Å². The van der Waals surface area contributed by atoms with Gasteiger partial charge < -0.3 is 5.32 Å². The molecule has 1 amide bonds. The van der Waals surface area contributed by atoms with Crippen LogP contribution >= 0.6 is 23.1 Å². The van der Waals surface area contributed by atoms with Crippen molar-refractivity contribution in [1.82, 2.24) is 10.3 Å². The third-order valence-electron chi connectivity index (χ3n) is 3.30. The van der Waals surface area contributed by atoms with Gasteiger partial charge in [0.25, 0.3) is 0 Å². The van der Waals surface area contributed by atoms with Crippen LogP contribution in [0.15, 0.2) is 28.6 Å². The quantitative estimate of drug-likeness (QED) is 0.534. The summed E-state index contributed by atoms with van der Waals surface area (Å²) in [4.78, 5) is 16.3. The average Bonchev–Trinajstić information content (AvgIpc) is 3.12. The van der Waals surface area contributed by atoms with Crippen molar-refractivity contribution in [3.63, 3.8) is 0 Å². The number of alkyl halides is 6. The molecule has 4 nitrogen and oxygen atoms in total. The van der Waals surface area contributed by atoms with Gasteiger partial charge in [-0.2, -0.15) is 31.6 Å². The minimum atomic E-state index is -4.85. The summed E-state index contributed by atoms with van der Waals surface area (Å²) < 4.78 is 76.8. The molecular weight excluding hydrogens is 428 g/mol. The van der Waals surface area contributed by atoms with Crippen molar-refractivity contribution in [2.24, 2.45) is 0 Å². The smallest absolute Gasteiger partial charge is 0.346 e. The molecule has 0 saturated heterocycles. The molecule has 0 aliphatic heterocycles. The zero-order valence-electron chi connectivity index (χ0n) is 14.0. The number of thiophene rings is 1. The van der Waals surface area contributed by atoms with Crippen LogP contribution in [-0.2, 0) is 11.0 Å². The van der Waals surface area contributed by atoms with Crippen molar-refractivity contribution in [2.45, 2.75) is 29.6 Å². The first-order valence-electron chi connectivity index (χ1n) is 7.49. The van der Waals surface area contributed by atoms with Crippen LogP contribution in [0.3, 0.4) is 0 Å². The van der Waals surface area contributed by atoms with Crippen molar-refractivity contribution >= 4 is 29.0 Å². The zero-order valence-corrected chi connectivity index (χ0v) is 15.6. The van der Waals surface area contributed by atoms with Gasteiger partial charge in [0.2, 0.25) is 5.91 Å². The Morgan fingerprint density at radius 2 is 2.04 bits per heavy atom. The molecule has 12 heteroatoms. The Kier molecular flexibility index (Phi) is 6.61. The second kappa shape index (κ2) is 8.40. The van der Waals surface area contributed by atoms with Crippen LogP contribution in [0.25, 0.3) is 10.6 Å². The first-order chi connectivity index (χ1) is 12.9. The van der Waals surface area contributed by atoms with E-state index in [2.05, 4.69) is 4.98 Å². The number of pyridine rings is 1. The van der Waals surface area contributed by atoms with Gasteiger partial charge in [-0.05, 0) is 24.4 Å². The second-order valence-corrected chi connectivity index (χ2v) is 7.69. The highest BCUT2D eigenvalue weighted by Gasteiger charge is 2.37. The Balaban J connectivity index is 2.40. The molecule has 0 fully saturated rings. The summed E-state index contributed by atoms with van der Waals surface area (Å²) >= 11 is 1.61. The summed E-state index contributed by atoms with van der Waals surface area (Å²) in [5, 5.41) is 10.9. The lowest BCUT2D eigenvalue weighted by Gasteiger charge is -2.16. The molecular formula is C16H11F6N3OS2. The van der Waals surface area contributed by atoms with Crippen LogP contribution < -0.4 is 5.32 Å². The van der Waals surface area contributed by atoms with Gasteiger partial charge in [0, 0.05) is 0 Å². The van der Waals surface area contributed by atoms with E-state index in [9.17, 15) is 36.4 Å². The molecule has 0 bridgehead atoms. The molecule has 2 heterocycles. The summed E-state index contributed by atoms with van der Waals surface area (Å²) in [6.45, 7) is -0.359. The largest absolute Gasteiger partial charge is 0.417 e. The molecule has 2 aromatic rings. The van der Waals surface area contributed by atoms with E-state index in [4.69, 9.17) is 0 Å². The van der Waals surface area contributed by atoms with Gasteiger partial charge in [-0.3, -0.25) is 4.79 Å². The highest BCUT2D eigenvalue weighted by Crippen LogP contribution is 2.39. The third kappa shape index (κ3) is 5.62. The van der Waals surface area contributed by atoms with E-state index >= 15 is 0 Å². The first-order valence-corrected chi connectivity index (χ1v) is 9.25. The number of hydrogen-bond acceptors (Lipinski definition) is 5. The number of rotatable bonds is 5. The minimum absolute atomic E-state index is 0.0493. The van der Waals surface area contributed by atoms with Gasteiger partial charge in [0.15, 0.2) is 0 Å². The third-order valence-corrected chi connectivity index (χ3v) is 5.28. The topological polar surface area (TPSA) is 65.8 Å². The van der Waals surface area contributed by atoms with E-state index in [1.807, 2.05) is 0 Å². The van der Waals surface area contributed by atoms with Gasteiger partial charge in [0.1, 0.15) is 17.6 Å². The van der Waals surface area contributed by atoms with Gasteiger partial charge in [-0.1, -0.05) is 17.8 Å². The fourth-order valence-corrected chi connectivity index (χ4v) is 3.68. The Bertz CT molecular complexity index is 888. The summed E-state index contributed by atoms with van der Waals surface area (Å²) in [5.41, 5.74) is -2.06. The first kappa shape index (κ1) is 22.0. The van der Waals surface area contributed by atoms with E-state index in [0.29, 0.717) is 16.6 Å². The molecule has 1 N–H and O–H groups in total. The van der Waals surface area contributed by atoms with E-state index in [1.165, 1.54) is 19.1 Å². The van der Waals surface area contributed by atoms with Crippen molar-refractivity contribution in [1.29, 1.82) is 5.26 Å². The number of amides is 1. The number of hydrogen-bond donors (Lipinski definition) is 1. The monoisotopic (exact) mass is 439 g/mol. The van der Waals surface area contributed by atoms with Crippen molar-refractivity contribution in [3.05, 3.63) is 34.7 Å². The Morgan fingerprint density at radius 1 is 1.36 bits per heavy atom. The fraction of sp³-hybridized carbons (Fsp3) is 0.312. The average molecular weight is 439 g/mol. The molecule has 28 heavy (non-hydrogen) atoms. The number of nitrogens with zero attached hydrogens (tertiary/aromatic N) is 2. The van der Waals surface area contributed by atoms with E-state index in [1.54, 1.807) is 16.8 Å². The molecule has 0 radical (unpaired) electrons. The molecule has 1 unspecified atom stereocenters. The molecule has 0 saturated carbocycles. The lowest BCUT2D eigenvalue weighted by atomic mass is 10.1. The van der Waals surface area contributed by atoms with E-state index < -0.39 is 41.2 Å². The van der Waals surface area contributed by atoms with Crippen molar-refractivity contribution in [3.8, 4) is 16.6 Å². The molecule has 1 atom stereocenters. The van der Waals surface area contributed by atoms with Crippen molar-refractivity contribution < 1.29 is 31.1 Å². The Hall–Kier alpha value is -2.26. The fourth-order valence-electron chi connectivity index (χ4n) is 2.04. The molecule has 150 valence electrons. The van der Waals surface area contributed by atoms with E-state index in [0.717, 1.165) is 17.4 Å². The van der Waals surface area contributed by atoms with Crippen LogP contribution in [0.2, 0.25) is 0 Å². The lowest BCUT2D eigenvalue weighted by Crippen LogP contribution is -2.38.